The van der Waals surface area contributed by atoms with Crippen LogP contribution >= 0.6 is 0 Å². The van der Waals surface area contributed by atoms with Gasteiger partial charge in [-0.25, -0.2) is 4.68 Å². The summed E-state index contributed by atoms with van der Waals surface area (Å²) in [4.78, 5) is 15.1. The number of ether oxygens (including phenoxy) is 2. The van der Waals surface area contributed by atoms with Crippen molar-refractivity contribution < 1.29 is 14.3 Å². The van der Waals surface area contributed by atoms with Gasteiger partial charge < -0.3 is 14.4 Å². The van der Waals surface area contributed by atoms with Gasteiger partial charge in [-0.3, -0.25) is 4.79 Å². The molecule has 0 unspecified atom stereocenters. The van der Waals surface area contributed by atoms with E-state index in [-0.39, 0.29) is 11.5 Å². The molecule has 1 saturated heterocycles. The van der Waals surface area contributed by atoms with E-state index >= 15 is 0 Å². The van der Waals surface area contributed by atoms with E-state index in [0.29, 0.717) is 25.3 Å². The molecule has 6 heteroatoms. The molecule has 6 nitrogen and oxygen atoms in total. The van der Waals surface area contributed by atoms with Crippen LogP contribution < -0.4 is 4.74 Å². The normalized spacial score (nSPS) is 17.3. The zero-order chi connectivity index (χ0) is 22.3. The smallest absolute Gasteiger partial charge is 0.253 e. The predicted molar refractivity (Wildman–Crippen MR) is 123 cm³/mol. The van der Waals surface area contributed by atoms with Gasteiger partial charge in [-0.2, -0.15) is 5.10 Å². The molecule has 1 spiro atoms. The molecule has 32 heavy (non-hydrogen) atoms. The van der Waals surface area contributed by atoms with Crippen molar-refractivity contribution in [2.75, 3.05) is 26.8 Å². The van der Waals surface area contributed by atoms with Crippen LogP contribution in [-0.4, -0.2) is 47.4 Å². The zero-order valence-electron chi connectivity index (χ0n) is 18.9. The molecule has 2 aliphatic rings. The number of carbonyl (C=O) groups excluding carboxylic acids is 1. The van der Waals surface area contributed by atoms with Crippen molar-refractivity contribution >= 4 is 5.91 Å². The van der Waals surface area contributed by atoms with Crippen LogP contribution in [-0.2, 0) is 16.8 Å². The van der Waals surface area contributed by atoms with E-state index in [9.17, 15) is 4.79 Å². The Morgan fingerprint density at radius 2 is 1.81 bits per heavy atom. The summed E-state index contributed by atoms with van der Waals surface area (Å²) >= 11 is 0. The van der Waals surface area contributed by atoms with E-state index in [2.05, 4.69) is 17.2 Å². The molecular formula is C26H29N3O3. The third-order valence-corrected chi connectivity index (χ3v) is 6.78. The molecule has 5 rings (SSSR count). The van der Waals surface area contributed by atoms with Crippen LogP contribution in [0.5, 0.6) is 5.75 Å². The second-order valence-electron chi connectivity index (χ2n) is 8.79. The van der Waals surface area contributed by atoms with Crippen LogP contribution in [0.2, 0.25) is 0 Å². The van der Waals surface area contributed by atoms with Crippen LogP contribution in [0.15, 0.2) is 48.5 Å². The predicted octanol–water partition coefficient (Wildman–Crippen LogP) is 4.20. The van der Waals surface area contributed by atoms with E-state index in [0.717, 1.165) is 42.1 Å². The lowest BCUT2D eigenvalue weighted by Gasteiger charge is -2.45. The van der Waals surface area contributed by atoms with Crippen molar-refractivity contribution in [2.24, 2.45) is 0 Å². The quantitative estimate of drug-likeness (QED) is 0.624. The number of amides is 1. The molecule has 1 aromatic heterocycles. The molecular weight excluding hydrogens is 402 g/mol. The summed E-state index contributed by atoms with van der Waals surface area (Å²) in [6.07, 6.45) is 2.52. The van der Waals surface area contributed by atoms with Gasteiger partial charge in [0.15, 0.2) is 0 Å². The number of carbonyl (C=O) groups is 1. The number of piperidine rings is 1. The summed E-state index contributed by atoms with van der Waals surface area (Å²) in [6.45, 7) is 6.09. The van der Waals surface area contributed by atoms with Crippen LogP contribution in [0.1, 0.15) is 45.7 Å². The lowest BCUT2D eigenvalue weighted by Crippen LogP contribution is -2.48. The minimum atomic E-state index is -0.296. The van der Waals surface area contributed by atoms with Crippen molar-refractivity contribution in [1.29, 1.82) is 0 Å². The molecule has 1 amide bonds. The van der Waals surface area contributed by atoms with E-state index in [1.165, 1.54) is 11.1 Å². The van der Waals surface area contributed by atoms with Gasteiger partial charge in [0.05, 0.1) is 30.7 Å². The van der Waals surface area contributed by atoms with Crippen LogP contribution in [0.4, 0.5) is 0 Å². The Bertz CT molecular complexity index is 1140. The summed E-state index contributed by atoms with van der Waals surface area (Å²) in [7, 11) is 1.70. The first-order valence-electron chi connectivity index (χ1n) is 11.2. The van der Waals surface area contributed by atoms with Crippen molar-refractivity contribution in [3.8, 4) is 11.4 Å². The van der Waals surface area contributed by atoms with Gasteiger partial charge in [0.25, 0.3) is 5.91 Å². The molecule has 3 heterocycles. The molecule has 0 aliphatic carbocycles. The number of fused-ring (bicyclic) bond motifs is 2. The van der Waals surface area contributed by atoms with Crippen molar-refractivity contribution in [3.05, 3.63) is 76.6 Å². The number of aryl methyl sites for hydroxylation is 2. The van der Waals surface area contributed by atoms with Gasteiger partial charge in [-0.1, -0.05) is 6.07 Å². The number of hydrogen-bond donors (Lipinski definition) is 0. The number of benzene rings is 2. The second-order valence-corrected chi connectivity index (χ2v) is 8.79. The molecule has 0 radical (unpaired) electrons. The first kappa shape index (κ1) is 20.8. The highest BCUT2D eigenvalue weighted by Gasteiger charge is 2.41. The first-order chi connectivity index (χ1) is 15.5. The Kier molecular flexibility index (Phi) is 5.25. The minimum absolute atomic E-state index is 0.0746. The molecule has 166 valence electrons. The SMILES string of the molecule is COc1ccc2c(c1)CCOC21CCN(C(=O)c2ccc(-n3nc(C)cc3C)cc2)CC1. The van der Waals surface area contributed by atoms with Gasteiger partial charge in [-0.05, 0) is 86.7 Å². The fourth-order valence-corrected chi connectivity index (χ4v) is 5.09. The van der Waals surface area contributed by atoms with E-state index < -0.39 is 0 Å². The van der Waals surface area contributed by atoms with Gasteiger partial charge >= 0.3 is 0 Å². The minimum Gasteiger partial charge on any atom is -0.497 e. The van der Waals surface area contributed by atoms with Crippen molar-refractivity contribution in [2.45, 2.75) is 38.7 Å². The number of nitrogens with zero attached hydrogens (tertiary/aromatic N) is 3. The van der Waals surface area contributed by atoms with Crippen molar-refractivity contribution in [1.82, 2.24) is 14.7 Å². The third-order valence-electron chi connectivity index (χ3n) is 6.78. The monoisotopic (exact) mass is 431 g/mol. The Morgan fingerprint density at radius 3 is 2.47 bits per heavy atom. The van der Waals surface area contributed by atoms with Gasteiger partial charge in [0.2, 0.25) is 0 Å². The Balaban J connectivity index is 1.30. The molecule has 0 saturated carbocycles. The average molecular weight is 432 g/mol. The van der Waals surface area contributed by atoms with Gasteiger partial charge in [0.1, 0.15) is 5.75 Å². The van der Waals surface area contributed by atoms with Crippen LogP contribution in [0.3, 0.4) is 0 Å². The maximum Gasteiger partial charge on any atom is 0.253 e. The van der Waals surface area contributed by atoms with E-state index in [1.807, 2.05) is 59.8 Å². The maximum absolute atomic E-state index is 13.2. The highest BCUT2D eigenvalue weighted by Crippen LogP contribution is 2.42. The lowest BCUT2D eigenvalue weighted by molar-refractivity contribution is -0.0935. The number of methoxy groups -OCH3 is 1. The number of likely N-dealkylation sites (tertiary alicyclic amines) is 1. The largest absolute Gasteiger partial charge is 0.497 e. The second kappa shape index (κ2) is 8.10. The summed E-state index contributed by atoms with van der Waals surface area (Å²) in [5, 5.41) is 4.52. The molecule has 1 fully saturated rings. The highest BCUT2D eigenvalue weighted by molar-refractivity contribution is 5.94. The fourth-order valence-electron chi connectivity index (χ4n) is 5.09. The molecule has 0 N–H and O–H groups in total. The van der Waals surface area contributed by atoms with E-state index in [4.69, 9.17) is 9.47 Å². The average Bonchev–Trinajstić information content (AvgIpc) is 3.17. The Hall–Kier alpha value is -3.12. The summed E-state index contributed by atoms with van der Waals surface area (Å²) in [5.41, 5.74) is 5.99. The van der Waals surface area contributed by atoms with Crippen LogP contribution in [0, 0.1) is 13.8 Å². The first-order valence-corrected chi connectivity index (χ1v) is 11.2. The summed E-state index contributed by atoms with van der Waals surface area (Å²) in [6, 6.07) is 16.1. The zero-order valence-corrected chi connectivity index (χ0v) is 18.9. The molecule has 0 bridgehead atoms. The van der Waals surface area contributed by atoms with Gasteiger partial charge in [-0.15, -0.1) is 0 Å². The molecule has 2 aliphatic heterocycles. The fraction of sp³-hybridized carbons (Fsp3) is 0.385. The topological polar surface area (TPSA) is 56.6 Å². The van der Waals surface area contributed by atoms with Crippen molar-refractivity contribution in [3.63, 3.8) is 0 Å². The third kappa shape index (κ3) is 3.58. The number of hydrogen-bond acceptors (Lipinski definition) is 4. The van der Waals surface area contributed by atoms with Crippen LogP contribution in [0.25, 0.3) is 5.69 Å². The summed E-state index contributed by atoms with van der Waals surface area (Å²) < 4.78 is 13.6. The lowest BCUT2D eigenvalue weighted by atomic mass is 9.79. The molecule has 2 aromatic carbocycles. The molecule has 3 aromatic rings. The Morgan fingerprint density at radius 1 is 1.06 bits per heavy atom. The highest BCUT2D eigenvalue weighted by atomic mass is 16.5. The number of aromatic nitrogens is 2. The number of rotatable bonds is 3. The Labute approximate surface area is 188 Å². The molecule has 0 atom stereocenters. The van der Waals surface area contributed by atoms with Gasteiger partial charge in [0, 0.05) is 24.3 Å². The van der Waals surface area contributed by atoms with E-state index in [1.54, 1.807) is 7.11 Å². The maximum atomic E-state index is 13.2. The summed E-state index contributed by atoms with van der Waals surface area (Å²) in [5.74, 6) is 0.961. The standard InChI is InChI=1S/C26H29N3O3/c1-18-16-19(2)29(27-18)22-6-4-20(5-7-22)25(30)28-13-11-26(12-14-28)24-9-8-23(31-3)17-21(24)10-15-32-26/h4-9,16-17H,10-15H2,1-3H3.